The summed E-state index contributed by atoms with van der Waals surface area (Å²) in [5.74, 6) is 1.01. The van der Waals surface area contributed by atoms with Crippen LogP contribution < -0.4 is 5.73 Å². The van der Waals surface area contributed by atoms with Gasteiger partial charge in [0.25, 0.3) is 0 Å². The van der Waals surface area contributed by atoms with Crippen LogP contribution in [0.4, 0.5) is 5.88 Å². The Morgan fingerprint density at radius 1 is 1.26 bits per heavy atom. The minimum absolute atomic E-state index is 0.361. The Labute approximate surface area is 113 Å². The Balaban J connectivity index is 1.84. The quantitative estimate of drug-likeness (QED) is 0.898. The largest absolute Gasteiger partial charge is 0.368 e. The molecule has 1 aromatic carbocycles. The second-order valence-electron chi connectivity index (χ2n) is 5.32. The van der Waals surface area contributed by atoms with Crippen LogP contribution in [0.1, 0.15) is 24.3 Å². The van der Waals surface area contributed by atoms with Crippen LogP contribution in [-0.4, -0.2) is 30.2 Å². The van der Waals surface area contributed by atoms with E-state index in [1.807, 2.05) is 0 Å². The molecule has 1 aromatic heterocycles. The predicted molar refractivity (Wildman–Crippen MR) is 75.8 cm³/mol. The summed E-state index contributed by atoms with van der Waals surface area (Å²) in [7, 11) is 2.19. The monoisotopic (exact) mass is 257 g/mol. The maximum Gasteiger partial charge on any atom is 0.222 e. The third-order valence-electron chi connectivity index (χ3n) is 3.90. The molecular weight excluding hydrogens is 238 g/mol. The number of aromatic nitrogens is 1. The number of nitrogens with two attached hydrogens (primary N) is 1. The minimum atomic E-state index is 0.361. The van der Waals surface area contributed by atoms with Crippen molar-refractivity contribution in [2.75, 3.05) is 25.9 Å². The number of nitrogens with zero attached hydrogens (tertiary/aromatic N) is 2. The summed E-state index contributed by atoms with van der Waals surface area (Å²) in [5, 5.41) is 3.98. The lowest BCUT2D eigenvalue weighted by atomic mass is 9.88. The van der Waals surface area contributed by atoms with Gasteiger partial charge in [-0.1, -0.05) is 23.4 Å². The summed E-state index contributed by atoms with van der Waals surface area (Å²) in [4.78, 5) is 2.39. The van der Waals surface area contributed by atoms with Gasteiger partial charge in [0.2, 0.25) is 5.88 Å². The Morgan fingerprint density at radius 2 is 2.05 bits per heavy atom. The van der Waals surface area contributed by atoms with Gasteiger partial charge in [-0.25, -0.2) is 0 Å². The zero-order chi connectivity index (χ0) is 13.2. The highest BCUT2D eigenvalue weighted by Crippen LogP contribution is 2.30. The van der Waals surface area contributed by atoms with E-state index in [2.05, 4.69) is 41.4 Å². The van der Waals surface area contributed by atoms with Gasteiger partial charge < -0.3 is 15.2 Å². The van der Waals surface area contributed by atoms with Gasteiger partial charge in [0.05, 0.1) is 0 Å². The van der Waals surface area contributed by atoms with E-state index in [1.54, 1.807) is 6.07 Å². The zero-order valence-electron chi connectivity index (χ0n) is 11.2. The van der Waals surface area contributed by atoms with Crippen molar-refractivity contribution in [2.24, 2.45) is 0 Å². The molecule has 3 rings (SSSR count). The molecule has 4 nitrogen and oxygen atoms in total. The Morgan fingerprint density at radius 3 is 2.74 bits per heavy atom. The fourth-order valence-electron chi connectivity index (χ4n) is 2.72. The molecule has 1 fully saturated rings. The normalized spacial score (nSPS) is 17.7. The number of nitrogen functional groups attached to an aromatic ring is 1. The molecule has 0 saturated carbocycles. The highest BCUT2D eigenvalue weighted by molar-refractivity contribution is 5.62. The van der Waals surface area contributed by atoms with E-state index in [9.17, 15) is 0 Å². The molecule has 1 aliphatic rings. The standard InChI is InChI=1S/C15H19N3O/c1-18-7-5-11(6-8-18)12-3-2-4-13(9-12)14-10-15(16)19-17-14/h2-4,9-11H,5-8,16H2,1H3. The van der Waals surface area contributed by atoms with Crippen molar-refractivity contribution in [3.63, 3.8) is 0 Å². The maximum atomic E-state index is 5.58. The fourth-order valence-corrected chi connectivity index (χ4v) is 2.72. The molecule has 1 saturated heterocycles. The first kappa shape index (κ1) is 12.2. The van der Waals surface area contributed by atoms with E-state index in [4.69, 9.17) is 10.3 Å². The first-order chi connectivity index (χ1) is 9.22. The number of likely N-dealkylation sites (tertiary alicyclic amines) is 1. The number of anilines is 1. The lowest BCUT2D eigenvalue weighted by Gasteiger charge is -2.29. The molecule has 2 heterocycles. The van der Waals surface area contributed by atoms with Crippen LogP contribution in [0, 0.1) is 0 Å². The third kappa shape index (κ3) is 2.63. The second-order valence-corrected chi connectivity index (χ2v) is 5.32. The van der Waals surface area contributed by atoms with Crippen LogP contribution in [-0.2, 0) is 0 Å². The smallest absolute Gasteiger partial charge is 0.222 e. The van der Waals surface area contributed by atoms with Crippen molar-refractivity contribution in [3.05, 3.63) is 35.9 Å². The van der Waals surface area contributed by atoms with Gasteiger partial charge in [-0.3, -0.25) is 0 Å². The van der Waals surface area contributed by atoms with Crippen molar-refractivity contribution in [1.29, 1.82) is 0 Å². The van der Waals surface area contributed by atoms with Crippen molar-refractivity contribution in [2.45, 2.75) is 18.8 Å². The van der Waals surface area contributed by atoms with Crippen LogP contribution in [0.2, 0.25) is 0 Å². The zero-order valence-corrected chi connectivity index (χ0v) is 11.2. The number of hydrogen-bond donors (Lipinski definition) is 1. The lowest BCUT2D eigenvalue weighted by molar-refractivity contribution is 0.255. The summed E-state index contributed by atoms with van der Waals surface area (Å²) in [6.07, 6.45) is 2.45. The average Bonchev–Trinajstić information content (AvgIpc) is 2.86. The summed E-state index contributed by atoms with van der Waals surface area (Å²) in [6, 6.07) is 10.3. The van der Waals surface area contributed by atoms with E-state index in [0.29, 0.717) is 11.8 Å². The Bertz CT molecular complexity index is 556. The Hall–Kier alpha value is -1.81. The van der Waals surface area contributed by atoms with E-state index >= 15 is 0 Å². The van der Waals surface area contributed by atoms with Gasteiger partial charge in [-0.05, 0) is 50.5 Å². The van der Waals surface area contributed by atoms with Crippen LogP contribution in [0.3, 0.4) is 0 Å². The van der Waals surface area contributed by atoms with Gasteiger partial charge in [0, 0.05) is 11.6 Å². The SMILES string of the molecule is CN1CCC(c2cccc(-c3cc(N)on3)c2)CC1. The van der Waals surface area contributed by atoms with Crippen LogP contribution in [0.5, 0.6) is 0 Å². The molecule has 4 heteroatoms. The first-order valence-electron chi connectivity index (χ1n) is 6.73. The first-order valence-corrected chi connectivity index (χ1v) is 6.73. The second kappa shape index (κ2) is 5.05. The van der Waals surface area contributed by atoms with Crippen LogP contribution in [0.25, 0.3) is 11.3 Å². The van der Waals surface area contributed by atoms with Gasteiger partial charge in [0.1, 0.15) is 5.69 Å². The van der Waals surface area contributed by atoms with E-state index < -0.39 is 0 Å². The van der Waals surface area contributed by atoms with E-state index in [1.165, 1.54) is 31.5 Å². The number of benzene rings is 1. The van der Waals surface area contributed by atoms with E-state index in [0.717, 1.165) is 11.3 Å². The molecule has 0 spiro atoms. The van der Waals surface area contributed by atoms with Crippen molar-refractivity contribution < 1.29 is 4.52 Å². The van der Waals surface area contributed by atoms with Crippen molar-refractivity contribution in [3.8, 4) is 11.3 Å². The minimum Gasteiger partial charge on any atom is -0.368 e. The topological polar surface area (TPSA) is 55.3 Å². The molecule has 0 aliphatic carbocycles. The molecule has 0 radical (unpaired) electrons. The molecule has 100 valence electrons. The van der Waals surface area contributed by atoms with E-state index in [-0.39, 0.29) is 0 Å². The maximum absolute atomic E-state index is 5.58. The molecule has 19 heavy (non-hydrogen) atoms. The summed E-state index contributed by atoms with van der Waals surface area (Å²) in [5.41, 5.74) is 8.87. The summed E-state index contributed by atoms with van der Waals surface area (Å²) >= 11 is 0. The van der Waals surface area contributed by atoms with Gasteiger partial charge in [-0.15, -0.1) is 0 Å². The van der Waals surface area contributed by atoms with Gasteiger partial charge in [-0.2, -0.15) is 0 Å². The third-order valence-corrected chi connectivity index (χ3v) is 3.90. The predicted octanol–water partition coefficient (Wildman–Crippen LogP) is 2.73. The van der Waals surface area contributed by atoms with Gasteiger partial charge in [0.15, 0.2) is 0 Å². The highest BCUT2D eigenvalue weighted by atomic mass is 16.5. The van der Waals surface area contributed by atoms with Gasteiger partial charge >= 0.3 is 0 Å². The number of rotatable bonds is 2. The van der Waals surface area contributed by atoms with Crippen molar-refractivity contribution >= 4 is 5.88 Å². The summed E-state index contributed by atoms with van der Waals surface area (Å²) < 4.78 is 4.94. The number of piperidine rings is 1. The fraction of sp³-hybridized carbons (Fsp3) is 0.400. The molecule has 2 aromatic rings. The molecule has 0 bridgehead atoms. The molecule has 0 amide bonds. The molecule has 0 unspecified atom stereocenters. The average molecular weight is 257 g/mol. The summed E-state index contributed by atoms with van der Waals surface area (Å²) in [6.45, 7) is 2.34. The molecule has 2 N–H and O–H groups in total. The molecule has 1 aliphatic heterocycles. The number of hydrogen-bond acceptors (Lipinski definition) is 4. The molecule has 0 atom stereocenters. The molecular formula is C15H19N3O. The Kier molecular flexibility index (Phi) is 3.25. The van der Waals surface area contributed by atoms with Crippen molar-refractivity contribution in [1.82, 2.24) is 10.1 Å². The van der Waals surface area contributed by atoms with Crippen LogP contribution in [0.15, 0.2) is 34.9 Å². The van der Waals surface area contributed by atoms with Crippen LogP contribution >= 0.6 is 0 Å². The lowest BCUT2D eigenvalue weighted by Crippen LogP contribution is -2.29. The highest BCUT2D eigenvalue weighted by Gasteiger charge is 2.18.